The highest BCUT2D eigenvalue weighted by molar-refractivity contribution is 5.78. The van der Waals surface area contributed by atoms with Gasteiger partial charge in [0.25, 0.3) is 0 Å². The minimum atomic E-state index is -4.68. The van der Waals surface area contributed by atoms with Gasteiger partial charge in [-0.15, -0.1) is 22.0 Å². The van der Waals surface area contributed by atoms with Crippen molar-refractivity contribution >= 4 is 5.91 Å². The maximum atomic E-state index is 13.2. The second kappa shape index (κ2) is 9.22. The highest BCUT2D eigenvalue weighted by atomic mass is 19.4. The van der Waals surface area contributed by atoms with Crippen LogP contribution in [0, 0.1) is 0 Å². The number of halogens is 5. The monoisotopic (exact) mass is 490 g/mol. The highest BCUT2D eigenvalue weighted by Crippen LogP contribution is 2.42. The number of amides is 1. The number of rotatable bonds is 9. The summed E-state index contributed by atoms with van der Waals surface area (Å²) in [4.78, 5) is 11.9. The summed E-state index contributed by atoms with van der Waals surface area (Å²) < 4.78 is 85.7. The Bertz CT molecular complexity index is 1060. The molecule has 1 aromatic carbocycles. The number of ether oxygens (including phenoxy) is 4. The van der Waals surface area contributed by atoms with Crippen molar-refractivity contribution < 1.29 is 50.2 Å². The molecule has 0 saturated heterocycles. The summed E-state index contributed by atoms with van der Waals surface area (Å²) >= 11 is 0. The van der Waals surface area contributed by atoms with E-state index in [0.717, 1.165) is 0 Å². The Balaban J connectivity index is 1.17. The lowest BCUT2D eigenvalue weighted by Crippen LogP contribution is -2.42. The maximum absolute atomic E-state index is 13.2. The third-order valence-corrected chi connectivity index (χ3v) is 5.05. The van der Waals surface area contributed by atoms with Gasteiger partial charge in [-0.1, -0.05) is 11.7 Å². The van der Waals surface area contributed by atoms with E-state index in [2.05, 4.69) is 31.3 Å². The van der Waals surface area contributed by atoms with Crippen LogP contribution in [0.3, 0.4) is 0 Å². The number of hydrogen-bond donors (Lipinski definition) is 1. The van der Waals surface area contributed by atoms with Crippen LogP contribution in [-0.2, 0) is 20.7 Å². The molecule has 1 amide bonds. The first-order valence-corrected chi connectivity index (χ1v) is 10.2. The average Bonchev–Trinajstić information content (AvgIpc) is 3.29. The topological polar surface area (TPSA) is 92.1 Å². The van der Waals surface area contributed by atoms with Gasteiger partial charge in [-0.25, -0.2) is 0 Å². The number of fused-ring (bicyclic) bond motifs is 1. The van der Waals surface area contributed by atoms with Gasteiger partial charge in [0.15, 0.2) is 11.5 Å². The van der Waals surface area contributed by atoms with Crippen molar-refractivity contribution in [3.63, 3.8) is 0 Å². The summed E-state index contributed by atoms with van der Waals surface area (Å²) in [5.41, 5.74) is 1.26. The van der Waals surface area contributed by atoms with Crippen molar-refractivity contribution in [1.82, 2.24) is 10.5 Å². The molecular weight excluding hydrogens is 471 g/mol. The number of hydrogen-bond acceptors (Lipinski definition) is 7. The molecular formula is C21H19F5N2O6. The van der Waals surface area contributed by atoms with E-state index >= 15 is 0 Å². The Hall–Kier alpha value is -3.19. The molecule has 0 atom stereocenters. The van der Waals surface area contributed by atoms with Crippen LogP contribution in [0.5, 0.6) is 11.5 Å². The van der Waals surface area contributed by atoms with Gasteiger partial charge in [0, 0.05) is 36.6 Å². The smallest absolute Gasteiger partial charge is 0.395 e. The zero-order chi connectivity index (χ0) is 24.5. The van der Waals surface area contributed by atoms with Crippen LogP contribution in [0.25, 0.3) is 11.3 Å². The van der Waals surface area contributed by atoms with Crippen molar-refractivity contribution in [1.29, 1.82) is 0 Å². The Morgan fingerprint density at radius 1 is 1.18 bits per heavy atom. The highest BCUT2D eigenvalue weighted by Gasteiger charge is 2.43. The molecule has 1 fully saturated rings. The fraction of sp³-hybridized carbons (Fsp3) is 0.429. The largest absolute Gasteiger partial charge is 0.586 e. The number of aromatic nitrogens is 1. The van der Waals surface area contributed by atoms with Gasteiger partial charge in [0.05, 0.1) is 12.2 Å². The van der Waals surface area contributed by atoms with E-state index in [4.69, 9.17) is 9.26 Å². The predicted molar refractivity (Wildman–Crippen MR) is 104 cm³/mol. The van der Waals surface area contributed by atoms with E-state index in [0.29, 0.717) is 35.6 Å². The lowest BCUT2D eigenvalue weighted by Gasteiger charge is -2.34. The maximum Gasteiger partial charge on any atom is 0.586 e. The van der Waals surface area contributed by atoms with Crippen LogP contribution in [0.2, 0.25) is 0 Å². The Morgan fingerprint density at radius 3 is 2.65 bits per heavy atom. The number of carbonyl (C=O) groups is 1. The van der Waals surface area contributed by atoms with Crippen LogP contribution in [0.1, 0.15) is 25.0 Å². The van der Waals surface area contributed by atoms with Gasteiger partial charge in [-0.2, -0.15) is 0 Å². The molecule has 2 aromatic rings. The first kappa shape index (κ1) is 24.0. The standard InChI is InChI=1S/C21H19F5N2O6/c1-11(27-19(29)10-30-14-7-15(8-14)31-20(22,23)24)2-4-13-9-16(28-34-13)12-3-5-17-18(6-12)33-21(25,26)32-17/h3,5-6,9,14-15H,1-2,4,7-8,10H2,(H,27,29)/t14-,15+. The molecule has 1 aliphatic heterocycles. The minimum Gasteiger partial charge on any atom is -0.395 e. The Kier molecular flexibility index (Phi) is 6.49. The quantitative estimate of drug-likeness (QED) is 0.524. The van der Waals surface area contributed by atoms with E-state index in [-0.39, 0.29) is 30.9 Å². The van der Waals surface area contributed by atoms with E-state index in [9.17, 15) is 26.7 Å². The number of nitrogens with one attached hydrogen (secondary N) is 1. The molecule has 1 saturated carbocycles. The van der Waals surface area contributed by atoms with Gasteiger partial charge in [-0.3, -0.25) is 9.53 Å². The molecule has 0 spiro atoms. The number of alkyl halides is 5. The molecule has 4 rings (SSSR count). The Labute approximate surface area is 189 Å². The summed E-state index contributed by atoms with van der Waals surface area (Å²) in [6.45, 7) is 3.42. The first-order valence-electron chi connectivity index (χ1n) is 10.2. The zero-order valence-corrected chi connectivity index (χ0v) is 17.5. The molecule has 34 heavy (non-hydrogen) atoms. The molecule has 0 bridgehead atoms. The van der Waals surface area contributed by atoms with Gasteiger partial charge >= 0.3 is 12.7 Å². The molecule has 2 aliphatic rings. The summed E-state index contributed by atoms with van der Waals surface area (Å²) in [5.74, 6) is -0.216. The van der Waals surface area contributed by atoms with E-state index in [1.807, 2.05) is 0 Å². The molecule has 2 heterocycles. The van der Waals surface area contributed by atoms with Gasteiger partial charge in [0.2, 0.25) is 5.91 Å². The van der Waals surface area contributed by atoms with Crippen molar-refractivity contribution in [2.24, 2.45) is 0 Å². The first-order chi connectivity index (χ1) is 16.0. The molecule has 1 N–H and O–H groups in total. The second-order valence-electron chi connectivity index (χ2n) is 7.75. The number of aryl methyl sites for hydroxylation is 1. The molecule has 0 radical (unpaired) electrons. The molecule has 13 heteroatoms. The fourth-order valence-electron chi connectivity index (χ4n) is 3.38. The second-order valence-corrected chi connectivity index (χ2v) is 7.75. The summed E-state index contributed by atoms with van der Waals surface area (Å²) in [6.07, 6.45) is -9.03. The molecule has 184 valence electrons. The predicted octanol–water partition coefficient (Wildman–Crippen LogP) is 4.31. The van der Waals surface area contributed by atoms with E-state index < -0.39 is 30.8 Å². The molecule has 1 aliphatic carbocycles. The lowest BCUT2D eigenvalue weighted by atomic mass is 9.92. The fourth-order valence-corrected chi connectivity index (χ4v) is 3.38. The number of benzene rings is 1. The normalized spacial score (nSPS) is 20.6. The van der Waals surface area contributed by atoms with E-state index in [1.54, 1.807) is 6.07 Å². The zero-order valence-electron chi connectivity index (χ0n) is 17.5. The summed E-state index contributed by atoms with van der Waals surface area (Å²) in [6, 6.07) is 5.84. The number of nitrogens with zero attached hydrogens (tertiary/aromatic N) is 1. The van der Waals surface area contributed by atoms with Gasteiger partial charge in [0.1, 0.15) is 18.1 Å². The van der Waals surface area contributed by atoms with Crippen LogP contribution in [0.15, 0.2) is 41.1 Å². The third-order valence-electron chi connectivity index (χ3n) is 5.05. The van der Waals surface area contributed by atoms with Crippen LogP contribution in [-0.4, -0.2) is 42.5 Å². The third kappa shape index (κ3) is 6.23. The molecule has 8 nitrogen and oxygen atoms in total. The SMILES string of the molecule is C=C(CCc1cc(-c2ccc3c(c2)OC(F)(F)O3)no1)NC(=O)CO[C@H]1C[C@@H](OC(F)(F)F)C1. The van der Waals surface area contributed by atoms with Crippen LogP contribution < -0.4 is 14.8 Å². The summed E-state index contributed by atoms with van der Waals surface area (Å²) in [7, 11) is 0. The van der Waals surface area contributed by atoms with Gasteiger partial charge < -0.3 is 24.1 Å². The van der Waals surface area contributed by atoms with E-state index in [1.165, 1.54) is 18.2 Å². The minimum absolute atomic E-state index is 0.0629. The van der Waals surface area contributed by atoms with Crippen molar-refractivity contribution in [2.75, 3.05) is 6.61 Å². The summed E-state index contributed by atoms with van der Waals surface area (Å²) in [5, 5.41) is 6.45. The lowest BCUT2D eigenvalue weighted by molar-refractivity contribution is -0.357. The molecule has 1 aromatic heterocycles. The van der Waals surface area contributed by atoms with Crippen LogP contribution in [0.4, 0.5) is 22.0 Å². The van der Waals surface area contributed by atoms with Crippen LogP contribution >= 0.6 is 0 Å². The molecule has 0 unspecified atom stereocenters. The number of allylic oxidation sites excluding steroid dienone is 1. The van der Waals surface area contributed by atoms with Crippen molar-refractivity contribution in [3.05, 3.63) is 42.3 Å². The number of carbonyl (C=O) groups excluding carboxylic acids is 1. The van der Waals surface area contributed by atoms with Crippen molar-refractivity contribution in [2.45, 2.75) is 50.5 Å². The van der Waals surface area contributed by atoms with Crippen molar-refractivity contribution in [3.8, 4) is 22.8 Å². The average molecular weight is 490 g/mol. The van der Waals surface area contributed by atoms with Gasteiger partial charge in [-0.05, 0) is 24.6 Å². The Morgan fingerprint density at radius 2 is 1.91 bits per heavy atom.